The molecule has 94 valence electrons. The van der Waals surface area contributed by atoms with E-state index in [2.05, 4.69) is 15.6 Å². The Morgan fingerprint density at radius 1 is 1.11 bits per heavy atom. The average molecular weight is 256 g/mol. The number of rotatable bonds is 4. The third-order valence-electron chi connectivity index (χ3n) is 1.71. The van der Waals surface area contributed by atoms with Crippen molar-refractivity contribution in [2.24, 2.45) is 0 Å². The fraction of sp³-hybridized carbons (Fsp3) is 0.200. The summed E-state index contributed by atoms with van der Waals surface area (Å²) in [5.41, 5.74) is 5.26. The number of hydrogen-bond acceptors (Lipinski definition) is 5. The third-order valence-corrected chi connectivity index (χ3v) is 1.71. The fourth-order valence-corrected chi connectivity index (χ4v) is 0.989. The molecule has 0 fully saturated rings. The summed E-state index contributed by atoms with van der Waals surface area (Å²) in [7, 11) is 0. The summed E-state index contributed by atoms with van der Waals surface area (Å²) in [6.07, 6.45) is -4.74. The highest BCUT2D eigenvalue weighted by atomic mass is 19.4. The molecule has 0 aliphatic rings. The lowest BCUT2D eigenvalue weighted by molar-refractivity contribution is -0.274. The normalized spacial score (nSPS) is 10.6. The molecule has 2 N–H and O–H groups in total. The molecule has 0 aliphatic carbocycles. The van der Waals surface area contributed by atoms with Gasteiger partial charge >= 0.3 is 6.36 Å². The van der Waals surface area contributed by atoms with Gasteiger partial charge < -0.3 is 10.2 Å². The van der Waals surface area contributed by atoms with Crippen molar-refractivity contribution >= 4 is 5.69 Å². The number of nitrogens with one attached hydrogen (secondary N) is 2. The topological polar surface area (TPSA) is 80.9 Å². The molecular weight excluding hydrogens is 249 g/mol. The molecule has 0 radical (unpaired) electrons. The number of halogens is 3. The number of nitriles is 2. The van der Waals surface area contributed by atoms with Gasteiger partial charge in [0.25, 0.3) is 0 Å². The molecule has 5 nitrogen and oxygen atoms in total. The van der Waals surface area contributed by atoms with Crippen molar-refractivity contribution < 1.29 is 17.9 Å². The standard InChI is InChI=1S/C10H7F3N4O/c11-10(12,13)18-9-3-1-7(2-4-9)16-17-8(5-14)6-15/h1-4,8,16-17H. The van der Waals surface area contributed by atoms with Crippen molar-refractivity contribution in [1.82, 2.24) is 5.43 Å². The molecule has 0 aliphatic heterocycles. The summed E-state index contributed by atoms with van der Waals surface area (Å²) < 4.78 is 39.3. The molecule has 18 heavy (non-hydrogen) atoms. The Bertz CT molecular complexity index is 458. The third kappa shape index (κ3) is 4.60. The van der Waals surface area contributed by atoms with Crippen LogP contribution in [-0.4, -0.2) is 12.4 Å². The second-order valence-corrected chi connectivity index (χ2v) is 3.03. The predicted molar refractivity (Wildman–Crippen MR) is 54.9 cm³/mol. The van der Waals surface area contributed by atoms with Gasteiger partial charge in [-0.1, -0.05) is 0 Å². The van der Waals surface area contributed by atoms with Crippen LogP contribution in [0.3, 0.4) is 0 Å². The summed E-state index contributed by atoms with van der Waals surface area (Å²) in [6, 6.07) is 7.07. The van der Waals surface area contributed by atoms with E-state index in [0.29, 0.717) is 5.69 Å². The smallest absolute Gasteiger partial charge is 0.406 e. The molecule has 0 spiro atoms. The predicted octanol–water partition coefficient (Wildman–Crippen LogP) is 1.92. The van der Waals surface area contributed by atoms with Crippen LogP contribution in [0, 0.1) is 22.7 Å². The quantitative estimate of drug-likeness (QED) is 0.804. The van der Waals surface area contributed by atoms with E-state index in [9.17, 15) is 13.2 Å². The lowest BCUT2D eigenvalue weighted by Gasteiger charge is -2.11. The number of benzene rings is 1. The number of ether oxygens (including phenoxy) is 1. The van der Waals surface area contributed by atoms with Crippen LogP contribution in [0.4, 0.5) is 18.9 Å². The minimum absolute atomic E-state index is 0.356. The number of hydrogen-bond donors (Lipinski definition) is 2. The molecule has 0 saturated carbocycles. The molecule has 0 atom stereocenters. The van der Waals surface area contributed by atoms with E-state index in [-0.39, 0.29) is 5.75 Å². The Morgan fingerprint density at radius 2 is 1.67 bits per heavy atom. The van der Waals surface area contributed by atoms with Gasteiger partial charge in [0.1, 0.15) is 5.75 Å². The molecule has 0 aromatic heterocycles. The molecule has 1 aromatic rings. The van der Waals surface area contributed by atoms with Crippen LogP contribution in [0.1, 0.15) is 0 Å². The largest absolute Gasteiger partial charge is 0.573 e. The molecule has 1 rings (SSSR count). The zero-order chi connectivity index (χ0) is 13.6. The van der Waals surface area contributed by atoms with E-state index in [1.54, 1.807) is 12.1 Å². The maximum atomic E-state index is 11.9. The average Bonchev–Trinajstić information content (AvgIpc) is 2.30. The number of anilines is 1. The van der Waals surface area contributed by atoms with Crippen molar-refractivity contribution in [2.75, 3.05) is 5.43 Å². The second kappa shape index (κ2) is 5.75. The van der Waals surface area contributed by atoms with Crippen molar-refractivity contribution in [3.8, 4) is 17.9 Å². The first kappa shape index (κ1) is 13.6. The van der Waals surface area contributed by atoms with E-state index < -0.39 is 12.4 Å². The highest BCUT2D eigenvalue weighted by molar-refractivity contribution is 5.45. The number of alkyl halides is 3. The van der Waals surface area contributed by atoms with Gasteiger partial charge in [0.15, 0.2) is 6.04 Å². The molecular formula is C10H7F3N4O. The maximum Gasteiger partial charge on any atom is 0.573 e. The first-order valence-electron chi connectivity index (χ1n) is 4.61. The Hall–Kier alpha value is -2.45. The van der Waals surface area contributed by atoms with Crippen LogP contribution < -0.4 is 15.6 Å². The van der Waals surface area contributed by atoms with E-state index in [0.717, 1.165) is 12.1 Å². The van der Waals surface area contributed by atoms with E-state index in [4.69, 9.17) is 10.5 Å². The summed E-state index contributed by atoms with van der Waals surface area (Å²) in [4.78, 5) is 0. The van der Waals surface area contributed by atoms with Crippen molar-refractivity contribution in [3.63, 3.8) is 0 Å². The molecule has 1 aromatic carbocycles. The molecule has 0 heterocycles. The molecule has 0 saturated heterocycles. The Kier molecular flexibility index (Phi) is 4.35. The molecule has 0 amide bonds. The number of hydrazine groups is 1. The van der Waals surface area contributed by atoms with Crippen LogP contribution in [0.25, 0.3) is 0 Å². The van der Waals surface area contributed by atoms with Crippen LogP contribution >= 0.6 is 0 Å². The van der Waals surface area contributed by atoms with Crippen LogP contribution in [0.5, 0.6) is 5.75 Å². The van der Waals surface area contributed by atoms with E-state index in [1.807, 2.05) is 0 Å². The first-order chi connectivity index (χ1) is 8.44. The van der Waals surface area contributed by atoms with E-state index >= 15 is 0 Å². The monoisotopic (exact) mass is 256 g/mol. The van der Waals surface area contributed by atoms with Crippen molar-refractivity contribution in [1.29, 1.82) is 10.5 Å². The summed E-state index contributed by atoms with van der Waals surface area (Å²) in [5, 5.41) is 16.9. The van der Waals surface area contributed by atoms with Gasteiger partial charge in [-0.05, 0) is 24.3 Å². The van der Waals surface area contributed by atoms with Gasteiger partial charge in [-0.3, -0.25) is 0 Å². The zero-order valence-corrected chi connectivity index (χ0v) is 8.82. The maximum absolute atomic E-state index is 11.9. The highest BCUT2D eigenvalue weighted by Gasteiger charge is 2.30. The van der Waals surface area contributed by atoms with Gasteiger partial charge in [0.05, 0.1) is 12.1 Å². The van der Waals surface area contributed by atoms with Gasteiger partial charge in [-0.2, -0.15) is 10.5 Å². The first-order valence-corrected chi connectivity index (χ1v) is 4.61. The summed E-state index contributed by atoms with van der Waals surface area (Å²) in [6.45, 7) is 0. The summed E-state index contributed by atoms with van der Waals surface area (Å²) in [5.74, 6) is -0.356. The SMILES string of the molecule is N#CC(C#N)NNc1ccc(OC(F)(F)F)cc1. The van der Waals surface area contributed by atoms with Crippen LogP contribution in [-0.2, 0) is 0 Å². The summed E-state index contributed by atoms with van der Waals surface area (Å²) >= 11 is 0. The van der Waals surface area contributed by atoms with Gasteiger partial charge in [0, 0.05) is 5.69 Å². The molecule has 8 heteroatoms. The van der Waals surface area contributed by atoms with Crippen molar-refractivity contribution in [2.45, 2.75) is 12.4 Å². The molecule has 0 bridgehead atoms. The van der Waals surface area contributed by atoms with Gasteiger partial charge in [-0.25, -0.2) is 5.43 Å². The van der Waals surface area contributed by atoms with Crippen LogP contribution in [0.2, 0.25) is 0 Å². The minimum atomic E-state index is -4.74. The fourth-order valence-electron chi connectivity index (χ4n) is 0.989. The Balaban J connectivity index is 2.57. The lowest BCUT2D eigenvalue weighted by Crippen LogP contribution is -2.31. The highest BCUT2D eigenvalue weighted by Crippen LogP contribution is 2.23. The lowest BCUT2D eigenvalue weighted by atomic mass is 10.3. The van der Waals surface area contributed by atoms with Gasteiger partial charge in [0.2, 0.25) is 0 Å². The minimum Gasteiger partial charge on any atom is -0.406 e. The molecule has 0 unspecified atom stereocenters. The van der Waals surface area contributed by atoms with Crippen molar-refractivity contribution in [3.05, 3.63) is 24.3 Å². The second-order valence-electron chi connectivity index (χ2n) is 3.03. The Labute approximate surface area is 100 Å². The number of nitrogens with zero attached hydrogens (tertiary/aromatic N) is 2. The van der Waals surface area contributed by atoms with Gasteiger partial charge in [-0.15, -0.1) is 13.2 Å². The van der Waals surface area contributed by atoms with E-state index in [1.165, 1.54) is 12.1 Å². The zero-order valence-electron chi connectivity index (χ0n) is 8.82. The Morgan fingerprint density at radius 3 is 2.11 bits per heavy atom. The van der Waals surface area contributed by atoms with Crippen LogP contribution in [0.15, 0.2) is 24.3 Å².